The van der Waals surface area contributed by atoms with Crippen molar-refractivity contribution in [1.82, 2.24) is 4.31 Å². The molecule has 0 unspecified atom stereocenters. The van der Waals surface area contributed by atoms with Gasteiger partial charge in [-0.1, -0.05) is 32.0 Å². The van der Waals surface area contributed by atoms with Crippen LogP contribution in [0.25, 0.3) is 0 Å². The van der Waals surface area contributed by atoms with Crippen LogP contribution in [0.1, 0.15) is 13.8 Å². The lowest BCUT2D eigenvalue weighted by molar-refractivity contribution is 0.332. The molecular formula is C19H26N2O4S. The molecule has 0 radical (unpaired) electrons. The van der Waals surface area contributed by atoms with Gasteiger partial charge in [0, 0.05) is 19.6 Å². The van der Waals surface area contributed by atoms with E-state index in [1.807, 2.05) is 44.2 Å². The number of hydrogen-bond donors (Lipinski definition) is 1. The summed E-state index contributed by atoms with van der Waals surface area (Å²) >= 11 is 0. The molecule has 0 saturated carbocycles. The summed E-state index contributed by atoms with van der Waals surface area (Å²) in [6.45, 7) is 5.46. The molecule has 6 nitrogen and oxygen atoms in total. The van der Waals surface area contributed by atoms with Crippen molar-refractivity contribution in [3.05, 3.63) is 48.5 Å². The quantitative estimate of drug-likeness (QED) is 0.643. The summed E-state index contributed by atoms with van der Waals surface area (Å²) in [5.41, 5.74) is 0.623. The van der Waals surface area contributed by atoms with E-state index in [0.29, 0.717) is 37.7 Å². The van der Waals surface area contributed by atoms with Crippen molar-refractivity contribution in [1.29, 1.82) is 0 Å². The summed E-state index contributed by atoms with van der Waals surface area (Å²) in [6.07, 6.45) is 0. The van der Waals surface area contributed by atoms with E-state index in [1.54, 1.807) is 25.3 Å². The third kappa shape index (κ3) is 4.89. The number of para-hydroxylation sites is 1. The first-order chi connectivity index (χ1) is 12.5. The normalized spacial score (nSPS) is 11.4. The van der Waals surface area contributed by atoms with Gasteiger partial charge < -0.3 is 14.8 Å². The molecule has 7 heteroatoms. The first-order valence-electron chi connectivity index (χ1n) is 8.62. The average molecular weight is 378 g/mol. The van der Waals surface area contributed by atoms with Gasteiger partial charge in [0.25, 0.3) is 0 Å². The maximum Gasteiger partial charge on any atom is 0.243 e. The van der Waals surface area contributed by atoms with Crippen molar-refractivity contribution in [3.63, 3.8) is 0 Å². The van der Waals surface area contributed by atoms with Crippen molar-refractivity contribution < 1.29 is 17.9 Å². The number of rotatable bonds is 10. The van der Waals surface area contributed by atoms with Gasteiger partial charge in [-0.3, -0.25) is 0 Å². The second-order valence-electron chi connectivity index (χ2n) is 5.54. The summed E-state index contributed by atoms with van der Waals surface area (Å²) in [4.78, 5) is 0.244. The van der Waals surface area contributed by atoms with Crippen molar-refractivity contribution >= 4 is 15.7 Å². The molecule has 0 fully saturated rings. The predicted octanol–water partition coefficient (Wildman–Crippen LogP) is 3.22. The van der Waals surface area contributed by atoms with Gasteiger partial charge in [0.1, 0.15) is 18.1 Å². The van der Waals surface area contributed by atoms with E-state index >= 15 is 0 Å². The molecule has 0 aliphatic rings. The van der Waals surface area contributed by atoms with Crippen LogP contribution in [0.5, 0.6) is 11.5 Å². The molecule has 0 aromatic heterocycles. The van der Waals surface area contributed by atoms with E-state index in [2.05, 4.69) is 5.32 Å². The van der Waals surface area contributed by atoms with Crippen LogP contribution in [0.2, 0.25) is 0 Å². The standard InChI is InChI=1S/C19H26N2O4S/c1-4-21(5-2)26(22,23)17-11-12-19(24-3)18(15-17)20-13-14-25-16-9-7-6-8-10-16/h6-12,15,20H,4-5,13-14H2,1-3H3. The number of ether oxygens (including phenoxy) is 2. The molecule has 0 amide bonds. The summed E-state index contributed by atoms with van der Waals surface area (Å²) in [6, 6.07) is 14.4. The van der Waals surface area contributed by atoms with Crippen molar-refractivity contribution in [2.75, 3.05) is 38.7 Å². The van der Waals surface area contributed by atoms with Crippen LogP contribution in [0.15, 0.2) is 53.4 Å². The van der Waals surface area contributed by atoms with Gasteiger partial charge in [0.05, 0.1) is 17.7 Å². The van der Waals surface area contributed by atoms with E-state index < -0.39 is 10.0 Å². The Morgan fingerprint density at radius 3 is 2.35 bits per heavy atom. The molecule has 2 aromatic carbocycles. The van der Waals surface area contributed by atoms with Crippen molar-refractivity contribution in [2.45, 2.75) is 18.7 Å². The zero-order chi connectivity index (χ0) is 19.0. The van der Waals surface area contributed by atoms with Crippen LogP contribution >= 0.6 is 0 Å². The molecule has 0 aliphatic heterocycles. The van der Waals surface area contributed by atoms with Gasteiger partial charge in [-0.25, -0.2) is 8.42 Å². The maximum absolute atomic E-state index is 12.7. The predicted molar refractivity (Wildman–Crippen MR) is 104 cm³/mol. The van der Waals surface area contributed by atoms with Crippen LogP contribution < -0.4 is 14.8 Å². The highest BCUT2D eigenvalue weighted by molar-refractivity contribution is 7.89. The molecular weight excluding hydrogens is 352 g/mol. The van der Waals surface area contributed by atoms with Crippen molar-refractivity contribution in [3.8, 4) is 11.5 Å². The number of methoxy groups -OCH3 is 1. The number of anilines is 1. The summed E-state index contributed by atoms with van der Waals surface area (Å²) in [5.74, 6) is 1.38. The van der Waals surface area contributed by atoms with E-state index in [-0.39, 0.29) is 4.90 Å². The fourth-order valence-electron chi connectivity index (χ4n) is 2.57. The fraction of sp³-hybridized carbons (Fsp3) is 0.368. The Hall–Kier alpha value is -2.25. The molecule has 2 rings (SSSR count). The lowest BCUT2D eigenvalue weighted by Gasteiger charge is -2.20. The van der Waals surface area contributed by atoms with E-state index in [1.165, 1.54) is 4.31 Å². The van der Waals surface area contributed by atoms with Gasteiger partial charge in [-0.2, -0.15) is 4.31 Å². The number of hydrogen-bond acceptors (Lipinski definition) is 5. The Morgan fingerprint density at radius 1 is 1.04 bits per heavy atom. The molecule has 2 aromatic rings. The largest absolute Gasteiger partial charge is 0.495 e. The first kappa shape index (κ1) is 20.1. The summed E-state index contributed by atoms with van der Waals surface area (Å²) < 4.78 is 37.8. The van der Waals surface area contributed by atoms with Gasteiger partial charge in [0.15, 0.2) is 0 Å². The Bertz CT molecular complexity index is 790. The highest BCUT2D eigenvalue weighted by Gasteiger charge is 2.22. The molecule has 0 aliphatic carbocycles. The van der Waals surface area contributed by atoms with Crippen LogP contribution in [0.4, 0.5) is 5.69 Å². The fourth-order valence-corrected chi connectivity index (χ4v) is 4.05. The van der Waals surface area contributed by atoms with Gasteiger partial charge >= 0.3 is 0 Å². The molecule has 0 bridgehead atoms. The first-order valence-corrected chi connectivity index (χ1v) is 10.1. The molecule has 0 heterocycles. The molecule has 0 atom stereocenters. The lowest BCUT2D eigenvalue weighted by atomic mass is 10.3. The Kier molecular flexibility index (Phi) is 7.29. The Labute approximate surface area is 155 Å². The highest BCUT2D eigenvalue weighted by atomic mass is 32.2. The number of benzene rings is 2. The third-order valence-corrected chi connectivity index (χ3v) is 5.99. The molecule has 142 valence electrons. The second kappa shape index (κ2) is 9.45. The minimum atomic E-state index is -3.52. The zero-order valence-electron chi connectivity index (χ0n) is 15.4. The summed E-state index contributed by atoms with van der Waals surface area (Å²) in [7, 11) is -1.96. The summed E-state index contributed by atoms with van der Waals surface area (Å²) in [5, 5.41) is 3.19. The molecule has 0 saturated heterocycles. The van der Waals surface area contributed by atoms with E-state index in [4.69, 9.17) is 9.47 Å². The molecule has 0 spiro atoms. The topological polar surface area (TPSA) is 67.9 Å². The Morgan fingerprint density at radius 2 is 1.73 bits per heavy atom. The molecule has 26 heavy (non-hydrogen) atoms. The zero-order valence-corrected chi connectivity index (χ0v) is 16.3. The lowest BCUT2D eigenvalue weighted by Crippen LogP contribution is -2.30. The Balaban J connectivity index is 2.09. The van der Waals surface area contributed by atoms with Crippen LogP contribution in [0.3, 0.4) is 0 Å². The van der Waals surface area contributed by atoms with Gasteiger partial charge in [-0.05, 0) is 30.3 Å². The minimum absolute atomic E-state index is 0.244. The van der Waals surface area contributed by atoms with Gasteiger partial charge in [-0.15, -0.1) is 0 Å². The smallest absolute Gasteiger partial charge is 0.243 e. The third-order valence-electron chi connectivity index (χ3n) is 3.94. The number of nitrogens with zero attached hydrogens (tertiary/aromatic N) is 1. The SMILES string of the molecule is CCN(CC)S(=O)(=O)c1ccc(OC)c(NCCOc2ccccc2)c1. The van der Waals surface area contributed by atoms with Crippen LogP contribution in [-0.4, -0.2) is 46.1 Å². The second-order valence-corrected chi connectivity index (χ2v) is 7.48. The van der Waals surface area contributed by atoms with E-state index in [9.17, 15) is 8.42 Å². The molecule has 1 N–H and O–H groups in total. The maximum atomic E-state index is 12.7. The monoisotopic (exact) mass is 378 g/mol. The minimum Gasteiger partial charge on any atom is -0.495 e. The number of nitrogens with one attached hydrogen (secondary N) is 1. The number of sulfonamides is 1. The average Bonchev–Trinajstić information content (AvgIpc) is 2.66. The van der Waals surface area contributed by atoms with Crippen LogP contribution in [-0.2, 0) is 10.0 Å². The van der Waals surface area contributed by atoms with E-state index in [0.717, 1.165) is 5.75 Å². The highest BCUT2D eigenvalue weighted by Crippen LogP contribution is 2.28. The van der Waals surface area contributed by atoms with Gasteiger partial charge in [0.2, 0.25) is 10.0 Å². The van der Waals surface area contributed by atoms with Crippen molar-refractivity contribution in [2.24, 2.45) is 0 Å². The van der Waals surface area contributed by atoms with Crippen LogP contribution in [0, 0.1) is 0 Å².